The molecule has 20 nitrogen and oxygen atoms in total. The van der Waals surface area contributed by atoms with E-state index in [2.05, 4.69) is 18.6 Å². The third kappa shape index (κ3) is 59.8. The number of hydrogen-bond acceptors (Lipinski definition) is 17. The number of aliphatic hydroxyl groups is 1. The Morgan fingerprint density at radius 1 is 0.500 bits per heavy atom. The maximum absolute atomic E-state index is 12.3. The third-order valence-corrected chi connectivity index (χ3v) is 15.5. The summed E-state index contributed by atoms with van der Waals surface area (Å²) in [6.07, 6.45) is 31.1. The van der Waals surface area contributed by atoms with Crippen molar-refractivity contribution in [1.29, 1.82) is 0 Å². The van der Waals surface area contributed by atoms with Gasteiger partial charge in [-0.25, -0.2) is 0 Å². The average Bonchev–Trinajstić information content (AvgIpc) is 3.37. The van der Waals surface area contributed by atoms with E-state index in [9.17, 15) is 52.8 Å². The van der Waals surface area contributed by atoms with Crippen molar-refractivity contribution < 1.29 is 94.9 Å². The van der Waals surface area contributed by atoms with Crippen molar-refractivity contribution in [3.63, 3.8) is 0 Å². The second-order valence-corrected chi connectivity index (χ2v) is 27.2. The zero-order valence-electron chi connectivity index (χ0n) is 51.1. The lowest BCUT2D eigenvalue weighted by Crippen LogP contribution is -2.38. The van der Waals surface area contributed by atoms with Gasteiger partial charge in [-0.1, -0.05) is 168 Å². The fourth-order valence-electron chi connectivity index (χ4n) is 7.86. The number of ether oxygens (including phenoxy) is 4. The van der Waals surface area contributed by atoms with Crippen LogP contribution in [0.15, 0.2) is 0 Å². The highest BCUT2D eigenvalue weighted by molar-refractivity contribution is 7.51. The Morgan fingerprint density at radius 2 is 0.838 bits per heavy atom. The van der Waals surface area contributed by atoms with Crippen molar-refractivity contribution in [2.24, 2.45) is 0 Å². The monoisotopic (exact) mass is 1190 g/mol. The Morgan fingerprint density at radius 3 is 1.18 bits per heavy atom. The maximum Gasteiger partial charge on any atom is 0.313 e. The topological polar surface area (TPSA) is 279 Å². The molecule has 0 aliphatic carbocycles. The van der Waals surface area contributed by atoms with Crippen LogP contribution < -0.4 is 9.79 Å². The van der Waals surface area contributed by atoms with Gasteiger partial charge in [0.15, 0.2) is 6.10 Å². The van der Waals surface area contributed by atoms with E-state index < -0.39 is 51.9 Å². The average molecular weight is 1190 g/mol. The summed E-state index contributed by atoms with van der Waals surface area (Å²) >= 11 is 0. The molecule has 1 aliphatic heterocycles. The number of carboxylic acid groups (broad SMARTS) is 1. The molecule has 0 amide bonds. The van der Waals surface area contributed by atoms with Gasteiger partial charge in [0.2, 0.25) is 0 Å². The van der Waals surface area contributed by atoms with E-state index in [1.54, 1.807) is 0 Å². The number of carbonyl (C=O) groups excluding carboxylic acids is 5. The molecule has 0 radical (unpaired) electrons. The highest BCUT2D eigenvalue weighted by Gasteiger charge is 2.23. The highest BCUT2D eigenvalue weighted by Crippen LogP contribution is 2.38. The van der Waals surface area contributed by atoms with Gasteiger partial charge in [0.25, 0.3) is 0 Å². The van der Waals surface area contributed by atoms with Gasteiger partial charge in [0, 0.05) is 38.5 Å². The standard InChI is InChI=1S/C29H56NO9P.C24H50NO6P.C5H6O3/c1-5-6-7-8-9-10-11-12-13-14-15-16-17-20-28(33)37-24-26(39-29(34)21-18-19-27(31)32)25-38-40(35,36)23-22-30(2,3)4;1-5-6-7-8-9-10-11-12-13-14-15-16-17-18-24(27)30-21-23(26)22-31-32(28,29)20-19-25(2,3)4;6-4-2-1-3-5(7)8-4/h26H,5-25H2,1-4H3,(H-,31,32,35,36);23,26H,5-22H2,1-4H3;1-3H2. The van der Waals surface area contributed by atoms with E-state index in [-0.39, 0.29) is 75.7 Å². The van der Waals surface area contributed by atoms with Crippen LogP contribution in [0.2, 0.25) is 0 Å². The first-order valence-electron chi connectivity index (χ1n) is 30.3. The van der Waals surface area contributed by atoms with Crippen LogP contribution in [0, 0.1) is 0 Å². The Bertz CT molecular complexity index is 1710. The third-order valence-electron chi connectivity index (χ3n) is 12.9. The summed E-state index contributed by atoms with van der Waals surface area (Å²) in [5, 5.41) is 18.5. The minimum atomic E-state index is -4.19. The molecule has 4 atom stereocenters. The first-order valence-corrected chi connectivity index (χ1v) is 33.8. The summed E-state index contributed by atoms with van der Waals surface area (Å²) in [5.41, 5.74) is 0. The van der Waals surface area contributed by atoms with Crippen molar-refractivity contribution >= 4 is 51.0 Å². The zero-order chi connectivity index (χ0) is 60.6. The van der Waals surface area contributed by atoms with Gasteiger partial charge in [-0.2, -0.15) is 0 Å². The summed E-state index contributed by atoms with van der Waals surface area (Å²) < 4.78 is 54.7. The first-order chi connectivity index (χ1) is 37.7. The van der Waals surface area contributed by atoms with E-state index >= 15 is 0 Å². The first kappa shape index (κ1) is 79.3. The van der Waals surface area contributed by atoms with Gasteiger partial charge < -0.3 is 66.1 Å². The molecule has 1 saturated heterocycles. The smallest absolute Gasteiger partial charge is 0.313 e. The van der Waals surface area contributed by atoms with Gasteiger partial charge >= 0.3 is 35.8 Å². The normalized spacial score (nSPS) is 14.9. The van der Waals surface area contributed by atoms with Crippen LogP contribution in [0.4, 0.5) is 0 Å². The largest absolute Gasteiger partial charge is 0.778 e. The van der Waals surface area contributed by atoms with E-state index in [0.29, 0.717) is 54.2 Å². The fourth-order valence-corrected chi connectivity index (χ4v) is 10.6. The number of quaternary nitrogens is 2. The highest BCUT2D eigenvalue weighted by atomic mass is 31.2. The molecule has 2 N–H and O–H groups in total. The fraction of sp³-hybridized carbons (Fsp3) is 0.897. The van der Waals surface area contributed by atoms with Gasteiger partial charge in [0.05, 0.1) is 80.9 Å². The molecule has 0 spiro atoms. The summed E-state index contributed by atoms with van der Waals surface area (Å²) in [5.74, 6) is -3.30. The maximum atomic E-state index is 12.3. The molecular weight excluding hydrogens is 1070 g/mol. The van der Waals surface area contributed by atoms with Crippen LogP contribution in [-0.2, 0) is 65.9 Å². The van der Waals surface area contributed by atoms with Crippen molar-refractivity contribution in [2.75, 3.05) is 94.1 Å². The van der Waals surface area contributed by atoms with Crippen molar-refractivity contribution in [3.05, 3.63) is 0 Å². The molecule has 22 heteroatoms. The molecular formula is C58H112N2O18P2. The van der Waals surface area contributed by atoms with E-state index in [1.807, 2.05) is 42.3 Å². The molecule has 4 unspecified atom stereocenters. The van der Waals surface area contributed by atoms with Gasteiger partial charge in [-0.05, 0) is 25.7 Å². The van der Waals surface area contributed by atoms with Crippen LogP contribution in [0.25, 0.3) is 0 Å². The van der Waals surface area contributed by atoms with E-state index in [1.165, 1.54) is 122 Å². The molecule has 1 aliphatic rings. The lowest BCUT2D eigenvalue weighted by molar-refractivity contribution is -0.868. The minimum absolute atomic E-state index is 0.0874. The Labute approximate surface area is 482 Å². The lowest BCUT2D eigenvalue weighted by atomic mass is 10.0. The summed E-state index contributed by atoms with van der Waals surface area (Å²) in [4.78, 5) is 91.3. The Kier molecular flexibility index (Phi) is 49.2. The van der Waals surface area contributed by atoms with E-state index in [4.69, 9.17) is 28.4 Å². The second kappa shape index (κ2) is 49.6. The van der Waals surface area contributed by atoms with Gasteiger partial charge in [-0.15, -0.1) is 0 Å². The van der Waals surface area contributed by atoms with Crippen molar-refractivity contribution in [2.45, 2.75) is 244 Å². The molecule has 1 heterocycles. The predicted molar refractivity (Wildman–Crippen MR) is 308 cm³/mol. The second-order valence-electron chi connectivity index (χ2n) is 23.4. The molecule has 0 aromatic carbocycles. The summed E-state index contributed by atoms with van der Waals surface area (Å²) in [6, 6.07) is 0. The molecule has 0 bridgehead atoms. The molecule has 0 aromatic heterocycles. The van der Waals surface area contributed by atoms with Crippen LogP contribution in [0.1, 0.15) is 232 Å². The predicted octanol–water partition coefficient (Wildman–Crippen LogP) is 10.3. The lowest BCUT2D eigenvalue weighted by Gasteiger charge is -2.30. The molecule has 1 rings (SSSR count). The summed E-state index contributed by atoms with van der Waals surface area (Å²) in [6.45, 7) is 3.83. The Balaban J connectivity index is 0. The quantitative estimate of drug-likeness (QED) is 0.0143. The number of aliphatic carboxylic acids is 1. The number of esters is 5. The van der Waals surface area contributed by atoms with Gasteiger partial charge in [-0.3, -0.25) is 28.8 Å². The Hall–Kier alpha value is -2.80. The number of rotatable bonds is 49. The number of unbranched alkanes of at least 4 members (excludes halogenated alkanes) is 24. The minimum Gasteiger partial charge on any atom is -0.778 e. The molecule has 472 valence electrons. The molecule has 1 fully saturated rings. The number of carbonyl (C=O) groups is 6. The number of nitrogens with zero attached hydrogens (tertiary/aromatic N) is 2. The zero-order valence-corrected chi connectivity index (χ0v) is 52.9. The van der Waals surface area contributed by atoms with Crippen LogP contribution in [-0.4, -0.2) is 161 Å². The van der Waals surface area contributed by atoms with E-state index in [0.717, 1.165) is 38.5 Å². The van der Waals surface area contributed by atoms with Crippen molar-refractivity contribution in [1.82, 2.24) is 0 Å². The molecule has 0 saturated carbocycles. The molecule has 80 heavy (non-hydrogen) atoms. The van der Waals surface area contributed by atoms with Crippen molar-refractivity contribution in [3.8, 4) is 0 Å². The number of hydrogen-bond donors (Lipinski definition) is 2. The SMILES string of the molecule is CCCCCCCCCCCCCCCC(=O)OCC(COP(=O)([O-])CC[N+](C)(C)C)OC(=O)CCCC(=O)O.CCCCCCCCCCCCCCCC(=O)OCC(O)COP(=O)([O-])CC[N+](C)(C)C.O=C1CCCC(=O)O1. The summed E-state index contributed by atoms with van der Waals surface area (Å²) in [7, 11) is 3.07. The number of cyclic esters (lactones) is 2. The number of carboxylic acids is 1. The number of aliphatic hydroxyl groups excluding tert-OH is 1. The van der Waals surface area contributed by atoms with Crippen LogP contribution in [0.3, 0.4) is 0 Å². The van der Waals surface area contributed by atoms with Crippen LogP contribution in [0.5, 0.6) is 0 Å². The van der Waals surface area contributed by atoms with Crippen LogP contribution >= 0.6 is 15.2 Å². The molecule has 0 aromatic rings. The van der Waals surface area contributed by atoms with Gasteiger partial charge in [0.1, 0.15) is 34.5 Å².